The summed E-state index contributed by atoms with van der Waals surface area (Å²) in [6, 6.07) is 4.28. The van der Waals surface area contributed by atoms with Crippen LogP contribution in [0, 0.1) is 5.92 Å². The number of aldehydes is 1. The Labute approximate surface area is 133 Å². The Morgan fingerprint density at radius 3 is 2.86 bits per heavy atom. The van der Waals surface area contributed by atoms with Crippen LogP contribution < -0.4 is 0 Å². The average Bonchev–Trinajstić information content (AvgIpc) is 3.17. The average molecular weight is 319 g/mol. The van der Waals surface area contributed by atoms with E-state index in [0.29, 0.717) is 0 Å². The highest BCUT2D eigenvalue weighted by atomic mass is 32.1. The van der Waals surface area contributed by atoms with E-state index in [1.165, 1.54) is 46.1 Å². The third-order valence-electron chi connectivity index (χ3n) is 4.26. The number of hydrogen-bond donors (Lipinski definition) is 0. The van der Waals surface area contributed by atoms with Crippen LogP contribution >= 0.6 is 22.7 Å². The van der Waals surface area contributed by atoms with Gasteiger partial charge in [0.1, 0.15) is 0 Å². The molecule has 0 saturated heterocycles. The molecule has 2 nitrogen and oxygen atoms in total. The maximum Gasteiger partial charge on any atom is 0.160 e. The van der Waals surface area contributed by atoms with Gasteiger partial charge in [-0.05, 0) is 29.9 Å². The van der Waals surface area contributed by atoms with Gasteiger partial charge in [-0.2, -0.15) is 0 Å². The Morgan fingerprint density at radius 1 is 1.29 bits per heavy atom. The zero-order chi connectivity index (χ0) is 14.8. The van der Waals surface area contributed by atoms with Crippen LogP contribution in [0.25, 0.3) is 20.4 Å². The van der Waals surface area contributed by atoms with E-state index in [2.05, 4.69) is 35.9 Å². The highest BCUT2D eigenvalue weighted by molar-refractivity contribution is 7.27. The molecule has 0 fully saturated rings. The maximum absolute atomic E-state index is 11.1. The fourth-order valence-corrected chi connectivity index (χ4v) is 5.05. The van der Waals surface area contributed by atoms with Crippen molar-refractivity contribution in [2.24, 2.45) is 5.92 Å². The number of carbonyl (C=O) groups excluding carboxylic acids is 1. The normalized spacial score (nSPS) is 13.2. The van der Waals surface area contributed by atoms with E-state index in [4.69, 9.17) is 0 Å². The summed E-state index contributed by atoms with van der Waals surface area (Å²) in [5, 5.41) is 2.16. The zero-order valence-electron chi connectivity index (χ0n) is 12.6. The second kappa shape index (κ2) is 6.32. The fourth-order valence-electron chi connectivity index (χ4n) is 3.01. The number of unbranched alkanes of at least 4 members (excludes halogenated alkanes) is 1. The third-order valence-corrected chi connectivity index (χ3v) is 6.38. The van der Waals surface area contributed by atoms with Crippen molar-refractivity contribution in [3.63, 3.8) is 0 Å². The molecule has 1 atom stereocenters. The van der Waals surface area contributed by atoms with Gasteiger partial charge in [0.05, 0.1) is 25.3 Å². The molecule has 0 spiro atoms. The molecule has 0 aliphatic heterocycles. The van der Waals surface area contributed by atoms with Crippen LogP contribution in [0.15, 0.2) is 17.5 Å². The first-order valence-electron chi connectivity index (χ1n) is 7.72. The standard InChI is InChI=1S/C17H21NOS2/c1-3-5-6-12(4-2)10-18-14-7-8-20-16(14)17-15(18)9-13(11-19)21-17/h7-9,11-12H,3-6,10H2,1-2H3. The Hall–Kier alpha value is -1.13. The molecule has 112 valence electrons. The summed E-state index contributed by atoms with van der Waals surface area (Å²) < 4.78 is 5.06. The molecule has 0 N–H and O–H groups in total. The van der Waals surface area contributed by atoms with Crippen molar-refractivity contribution in [2.75, 3.05) is 0 Å². The van der Waals surface area contributed by atoms with E-state index in [-0.39, 0.29) is 0 Å². The molecular formula is C17H21NOS2. The SMILES string of the molecule is CCCCC(CC)Cn1c2ccsc2c2sc(C=O)cc21. The van der Waals surface area contributed by atoms with Gasteiger partial charge < -0.3 is 4.57 Å². The van der Waals surface area contributed by atoms with E-state index >= 15 is 0 Å². The summed E-state index contributed by atoms with van der Waals surface area (Å²) in [5.41, 5.74) is 2.59. The lowest BCUT2D eigenvalue weighted by Gasteiger charge is -2.16. The molecule has 0 amide bonds. The van der Waals surface area contributed by atoms with Crippen molar-refractivity contribution in [3.05, 3.63) is 22.4 Å². The van der Waals surface area contributed by atoms with Crippen molar-refractivity contribution in [2.45, 2.75) is 46.1 Å². The van der Waals surface area contributed by atoms with Crippen LogP contribution in [0.4, 0.5) is 0 Å². The van der Waals surface area contributed by atoms with Gasteiger partial charge in [0, 0.05) is 6.54 Å². The predicted molar refractivity (Wildman–Crippen MR) is 93.9 cm³/mol. The maximum atomic E-state index is 11.1. The van der Waals surface area contributed by atoms with Crippen LogP contribution in [0.3, 0.4) is 0 Å². The van der Waals surface area contributed by atoms with E-state index in [0.717, 1.165) is 23.6 Å². The first-order valence-corrected chi connectivity index (χ1v) is 9.42. The summed E-state index contributed by atoms with van der Waals surface area (Å²) in [6.45, 7) is 5.62. The van der Waals surface area contributed by atoms with Crippen molar-refractivity contribution in [1.82, 2.24) is 4.57 Å². The molecular weight excluding hydrogens is 298 g/mol. The molecule has 3 heterocycles. The van der Waals surface area contributed by atoms with Gasteiger partial charge in [0.15, 0.2) is 6.29 Å². The van der Waals surface area contributed by atoms with Gasteiger partial charge in [-0.1, -0.05) is 33.1 Å². The topological polar surface area (TPSA) is 22.0 Å². The summed E-state index contributed by atoms with van der Waals surface area (Å²) in [6.07, 6.45) is 6.06. The van der Waals surface area contributed by atoms with Gasteiger partial charge >= 0.3 is 0 Å². The number of aromatic nitrogens is 1. The minimum Gasteiger partial charge on any atom is -0.339 e. The van der Waals surface area contributed by atoms with Gasteiger partial charge in [0.25, 0.3) is 0 Å². The Morgan fingerprint density at radius 2 is 2.14 bits per heavy atom. The molecule has 0 aromatic carbocycles. The predicted octanol–water partition coefficient (Wildman–Crippen LogP) is 5.95. The lowest BCUT2D eigenvalue weighted by molar-refractivity contribution is 0.112. The van der Waals surface area contributed by atoms with Gasteiger partial charge in [-0.15, -0.1) is 22.7 Å². The van der Waals surface area contributed by atoms with Crippen molar-refractivity contribution < 1.29 is 4.79 Å². The zero-order valence-corrected chi connectivity index (χ0v) is 14.2. The molecule has 0 bridgehead atoms. The van der Waals surface area contributed by atoms with Crippen LogP contribution in [0.1, 0.15) is 49.2 Å². The Bertz CT molecular complexity index is 749. The minimum atomic E-state index is 0.725. The monoisotopic (exact) mass is 319 g/mol. The van der Waals surface area contributed by atoms with Crippen molar-refractivity contribution in [3.8, 4) is 0 Å². The van der Waals surface area contributed by atoms with Crippen molar-refractivity contribution >= 4 is 49.4 Å². The lowest BCUT2D eigenvalue weighted by atomic mass is 9.99. The summed E-state index contributed by atoms with van der Waals surface area (Å²) in [7, 11) is 0. The first-order chi connectivity index (χ1) is 10.3. The van der Waals surface area contributed by atoms with Crippen LogP contribution in [0.2, 0.25) is 0 Å². The molecule has 1 unspecified atom stereocenters. The molecule has 0 aliphatic carbocycles. The minimum absolute atomic E-state index is 0.725. The summed E-state index contributed by atoms with van der Waals surface area (Å²) in [4.78, 5) is 11.9. The largest absolute Gasteiger partial charge is 0.339 e. The number of carbonyl (C=O) groups is 1. The summed E-state index contributed by atoms with van der Waals surface area (Å²) in [5.74, 6) is 0.725. The number of fused-ring (bicyclic) bond motifs is 3. The van der Waals surface area contributed by atoms with Gasteiger partial charge in [-0.3, -0.25) is 4.79 Å². The Kier molecular flexibility index (Phi) is 4.45. The van der Waals surface area contributed by atoms with Gasteiger partial charge in [0.2, 0.25) is 0 Å². The molecule has 21 heavy (non-hydrogen) atoms. The Balaban J connectivity index is 2.03. The number of rotatable bonds is 7. The molecule has 4 heteroatoms. The van der Waals surface area contributed by atoms with Gasteiger partial charge in [-0.25, -0.2) is 0 Å². The third kappa shape index (κ3) is 2.67. The fraction of sp³-hybridized carbons (Fsp3) is 0.471. The molecule has 0 aliphatic rings. The van der Waals surface area contributed by atoms with E-state index < -0.39 is 0 Å². The molecule has 3 aromatic heterocycles. The molecule has 3 rings (SSSR count). The van der Waals surface area contributed by atoms with Crippen LogP contribution in [0.5, 0.6) is 0 Å². The second-order valence-electron chi connectivity index (χ2n) is 5.64. The molecule has 0 saturated carbocycles. The van der Waals surface area contributed by atoms with E-state index in [1.807, 2.05) is 0 Å². The van der Waals surface area contributed by atoms with E-state index in [9.17, 15) is 4.79 Å². The highest BCUT2D eigenvalue weighted by Crippen LogP contribution is 2.38. The quantitative estimate of drug-likeness (QED) is 0.493. The van der Waals surface area contributed by atoms with Crippen LogP contribution in [-0.2, 0) is 6.54 Å². The molecule has 3 aromatic rings. The summed E-state index contributed by atoms with van der Waals surface area (Å²) >= 11 is 3.41. The lowest BCUT2D eigenvalue weighted by Crippen LogP contribution is -2.09. The first kappa shape index (κ1) is 14.8. The van der Waals surface area contributed by atoms with Crippen molar-refractivity contribution in [1.29, 1.82) is 0 Å². The smallest absolute Gasteiger partial charge is 0.160 e. The number of thiophene rings is 2. The number of nitrogens with zero attached hydrogens (tertiary/aromatic N) is 1. The highest BCUT2D eigenvalue weighted by Gasteiger charge is 2.17. The molecule has 0 radical (unpaired) electrons. The second-order valence-corrected chi connectivity index (χ2v) is 7.64. The number of hydrogen-bond acceptors (Lipinski definition) is 3. The van der Waals surface area contributed by atoms with Crippen LogP contribution in [-0.4, -0.2) is 10.9 Å². The van der Waals surface area contributed by atoms with E-state index in [1.54, 1.807) is 22.7 Å².